The third-order valence-electron chi connectivity index (χ3n) is 5.80. The van der Waals surface area contributed by atoms with Crippen LogP contribution < -0.4 is 5.32 Å². The van der Waals surface area contributed by atoms with Crippen molar-refractivity contribution in [1.29, 1.82) is 0 Å². The zero-order valence-corrected chi connectivity index (χ0v) is 20.8. The van der Waals surface area contributed by atoms with E-state index >= 15 is 0 Å². The zero-order chi connectivity index (χ0) is 24.2. The molecule has 1 N–H and O–H groups in total. The molecule has 1 rings (SSSR count). The van der Waals surface area contributed by atoms with Crippen LogP contribution >= 0.6 is 0 Å². The second kappa shape index (κ2) is 19.3. The van der Waals surface area contributed by atoms with Crippen LogP contribution in [0.4, 0.5) is 0 Å². The molecule has 186 valence electrons. The molecule has 0 saturated carbocycles. The van der Waals surface area contributed by atoms with E-state index in [9.17, 15) is 14.4 Å². The van der Waals surface area contributed by atoms with E-state index in [2.05, 4.69) is 12.2 Å². The molecule has 0 atom stereocenters. The van der Waals surface area contributed by atoms with Gasteiger partial charge in [-0.3, -0.25) is 19.2 Å². The predicted octanol–water partition coefficient (Wildman–Crippen LogP) is 6.12. The Labute approximate surface area is 200 Å². The highest BCUT2D eigenvalue weighted by atomic mass is 16.7. The molecule has 0 bridgehead atoms. The van der Waals surface area contributed by atoms with E-state index < -0.39 is 5.91 Å². The lowest BCUT2D eigenvalue weighted by molar-refractivity contribution is -0.155. The van der Waals surface area contributed by atoms with Gasteiger partial charge >= 0.3 is 0 Å². The Balaban J connectivity index is 1.94. The minimum atomic E-state index is -0.424. The Bertz CT molecular complexity index is 678. The fourth-order valence-corrected chi connectivity index (χ4v) is 3.72. The molecule has 0 spiro atoms. The number of imide groups is 1. The summed E-state index contributed by atoms with van der Waals surface area (Å²) in [5, 5.41) is 3.82. The van der Waals surface area contributed by atoms with Gasteiger partial charge in [-0.05, 0) is 37.8 Å². The molecule has 0 heterocycles. The molecule has 0 fully saturated rings. The van der Waals surface area contributed by atoms with Crippen LogP contribution in [0.3, 0.4) is 0 Å². The molecule has 0 radical (unpaired) electrons. The molecular weight excluding hydrogens is 416 g/mol. The number of carbonyl (C=O) groups is 3. The van der Waals surface area contributed by atoms with Crippen molar-refractivity contribution >= 4 is 18.2 Å². The molecule has 6 heteroatoms. The van der Waals surface area contributed by atoms with Gasteiger partial charge in [-0.2, -0.15) is 5.06 Å². The third kappa shape index (κ3) is 13.8. The van der Waals surface area contributed by atoms with Crippen LogP contribution in [0.25, 0.3) is 0 Å². The first-order chi connectivity index (χ1) is 16.1. The monoisotopic (exact) mass is 460 g/mol. The summed E-state index contributed by atoms with van der Waals surface area (Å²) in [5.74, 6) is -0.227. The van der Waals surface area contributed by atoms with Crippen molar-refractivity contribution in [1.82, 2.24) is 10.4 Å². The van der Waals surface area contributed by atoms with Gasteiger partial charge in [0.25, 0.3) is 5.91 Å². The molecule has 1 aromatic carbocycles. The highest BCUT2D eigenvalue weighted by Gasteiger charge is 2.17. The van der Waals surface area contributed by atoms with Gasteiger partial charge in [-0.25, -0.2) is 0 Å². The van der Waals surface area contributed by atoms with E-state index in [1.807, 2.05) is 19.1 Å². The van der Waals surface area contributed by atoms with E-state index in [0.29, 0.717) is 25.0 Å². The number of rotatable bonds is 20. The average Bonchev–Trinajstić information content (AvgIpc) is 2.82. The van der Waals surface area contributed by atoms with E-state index in [-0.39, 0.29) is 5.91 Å². The van der Waals surface area contributed by atoms with Crippen LogP contribution in [0.1, 0.15) is 113 Å². The highest BCUT2D eigenvalue weighted by Crippen LogP contribution is 2.12. The third-order valence-corrected chi connectivity index (χ3v) is 5.80. The second-order valence-corrected chi connectivity index (χ2v) is 8.73. The van der Waals surface area contributed by atoms with Gasteiger partial charge in [-0.15, -0.1) is 0 Å². The molecule has 0 aromatic heterocycles. The van der Waals surface area contributed by atoms with Crippen molar-refractivity contribution in [3.63, 3.8) is 0 Å². The maximum absolute atomic E-state index is 12.4. The van der Waals surface area contributed by atoms with Gasteiger partial charge in [-0.1, -0.05) is 89.3 Å². The Morgan fingerprint density at radius 2 is 1.48 bits per heavy atom. The number of carbonyl (C=O) groups excluding carboxylic acids is 3. The van der Waals surface area contributed by atoms with Gasteiger partial charge in [0.2, 0.25) is 12.3 Å². The standard InChI is InChI=1S/C27H44N2O4/c1-3-4-5-16-21-28-26(31)20-13-11-9-7-6-8-10-12-17-22-33-29(23-30)27(32)25-19-15-14-18-24(25)2/h14-15,18-19,23H,3-13,16-17,20-22H2,1-2H3,(H,28,31). The van der Waals surface area contributed by atoms with Crippen molar-refractivity contribution < 1.29 is 19.2 Å². The topological polar surface area (TPSA) is 75.7 Å². The second-order valence-electron chi connectivity index (χ2n) is 8.73. The molecule has 0 aliphatic rings. The molecule has 1 aromatic rings. The van der Waals surface area contributed by atoms with Crippen molar-refractivity contribution in [3.8, 4) is 0 Å². The van der Waals surface area contributed by atoms with Crippen LogP contribution in [0.15, 0.2) is 24.3 Å². The summed E-state index contributed by atoms with van der Waals surface area (Å²) in [6.45, 7) is 5.21. The zero-order valence-electron chi connectivity index (χ0n) is 20.8. The quantitative estimate of drug-likeness (QED) is 0.144. The number of amides is 3. The van der Waals surface area contributed by atoms with E-state index in [4.69, 9.17) is 4.84 Å². The summed E-state index contributed by atoms with van der Waals surface area (Å²) in [6.07, 6.45) is 15.7. The minimum absolute atomic E-state index is 0.197. The lowest BCUT2D eigenvalue weighted by Crippen LogP contribution is -2.30. The SMILES string of the molecule is CCCCCCNC(=O)CCCCCCCCCCCON(C=O)C(=O)c1ccccc1C. The molecule has 0 unspecified atom stereocenters. The number of benzene rings is 1. The predicted molar refractivity (Wildman–Crippen MR) is 133 cm³/mol. The smallest absolute Gasteiger partial charge is 0.284 e. The largest absolute Gasteiger partial charge is 0.356 e. The molecule has 0 saturated heterocycles. The number of nitrogens with zero attached hydrogens (tertiary/aromatic N) is 1. The number of hydroxylamine groups is 2. The lowest BCUT2D eigenvalue weighted by atomic mass is 10.1. The van der Waals surface area contributed by atoms with Gasteiger partial charge in [0, 0.05) is 18.5 Å². The van der Waals surface area contributed by atoms with Crippen LogP contribution in [-0.2, 0) is 14.4 Å². The maximum atomic E-state index is 12.4. The Kier molecular flexibility index (Phi) is 16.8. The van der Waals surface area contributed by atoms with Crippen molar-refractivity contribution in [2.24, 2.45) is 0 Å². The summed E-state index contributed by atoms with van der Waals surface area (Å²) < 4.78 is 0. The molecule has 0 aliphatic heterocycles. The van der Waals surface area contributed by atoms with Crippen molar-refractivity contribution in [3.05, 3.63) is 35.4 Å². The Morgan fingerprint density at radius 1 is 0.879 bits per heavy atom. The molecule has 0 aliphatic carbocycles. The van der Waals surface area contributed by atoms with Crippen molar-refractivity contribution in [2.75, 3.05) is 13.2 Å². The number of nitrogens with one attached hydrogen (secondary N) is 1. The summed E-state index contributed by atoms with van der Waals surface area (Å²) in [7, 11) is 0. The number of aryl methyl sites for hydroxylation is 1. The fourth-order valence-electron chi connectivity index (χ4n) is 3.72. The van der Waals surface area contributed by atoms with E-state index in [1.165, 1.54) is 44.9 Å². The summed E-state index contributed by atoms with van der Waals surface area (Å²) in [5.41, 5.74) is 1.30. The molecule has 6 nitrogen and oxygen atoms in total. The first kappa shape index (κ1) is 28.8. The van der Waals surface area contributed by atoms with Crippen LogP contribution in [0.5, 0.6) is 0 Å². The Morgan fingerprint density at radius 3 is 2.12 bits per heavy atom. The minimum Gasteiger partial charge on any atom is -0.356 e. The maximum Gasteiger partial charge on any atom is 0.284 e. The first-order valence-electron chi connectivity index (χ1n) is 12.8. The van der Waals surface area contributed by atoms with Crippen LogP contribution in [0, 0.1) is 6.92 Å². The first-order valence-corrected chi connectivity index (χ1v) is 12.8. The number of hydrogen-bond donors (Lipinski definition) is 1. The number of unbranched alkanes of at least 4 members (excludes halogenated alkanes) is 11. The summed E-state index contributed by atoms with van der Waals surface area (Å²) in [6, 6.07) is 7.16. The summed E-state index contributed by atoms with van der Waals surface area (Å²) in [4.78, 5) is 40.7. The molecular formula is C27H44N2O4. The van der Waals surface area contributed by atoms with Crippen LogP contribution in [-0.4, -0.2) is 36.4 Å². The average molecular weight is 461 g/mol. The molecule has 33 heavy (non-hydrogen) atoms. The van der Waals surface area contributed by atoms with Crippen molar-refractivity contribution in [2.45, 2.75) is 104 Å². The summed E-state index contributed by atoms with van der Waals surface area (Å²) >= 11 is 0. The lowest BCUT2D eigenvalue weighted by Gasteiger charge is -2.16. The highest BCUT2D eigenvalue weighted by molar-refractivity contribution is 5.99. The Hall–Kier alpha value is -2.21. The van der Waals surface area contributed by atoms with E-state index in [1.54, 1.807) is 12.1 Å². The number of hydrogen-bond acceptors (Lipinski definition) is 4. The normalized spacial score (nSPS) is 10.7. The fraction of sp³-hybridized carbons (Fsp3) is 0.667. The van der Waals surface area contributed by atoms with E-state index in [0.717, 1.165) is 55.7 Å². The van der Waals surface area contributed by atoms with Gasteiger partial charge in [0.1, 0.15) is 0 Å². The van der Waals surface area contributed by atoms with Gasteiger partial charge < -0.3 is 5.32 Å². The van der Waals surface area contributed by atoms with Gasteiger partial charge in [0.15, 0.2) is 0 Å². The van der Waals surface area contributed by atoms with Crippen LogP contribution in [0.2, 0.25) is 0 Å². The van der Waals surface area contributed by atoms with Gasteiger partial charge in [0.05, 0.1) is 6.61 Å². The molecule has 3 amide bonds.